The van der Waals surface area contributed by atoms with E-state index in [1.165, 1.54) is 32.1 Å². The van der Waals surface area contributed by atoms with Crippen LogP contribution in [0.1, 0.15) is 52.4 Å². The van der Waals surface area contributed by atoms with Gasteiger partial charge in [-0.3, -0.25) is 4.79 Å². The third kappa shape index (κ3) is 3.18. The molecular weight excluding hydrogens is 248 g/mol. The van der Waals surface area contributed by atoms with Gasteiger partial charge in [-0.25, -0.2) is 0 Å². The van der Waals surface area contributed by atoms with E-state index >= 15 is 0 Å². The van der Waals surface area contributed by atoms with Crippen LogP contribution in [0.4, 0.5) is 0 Å². The first-order chi connectivity index (χ1) is 8.21. The van der Waals surface area contributed by atoms with Crippen LogP contribution in [0.3, 0.4) is 0 Å². The Morgan fingerprint density at radius 3 is 2.56 bits per heavy atom. The van der Waals surface area contributed by atoms with Crippen LogP contribution < -0.4 is 5.32 Å². The van der Waals surface area contributed by atoms with Gasteiger partial charge in [0.05, 0.1) is 6.04 Å². The number of carbonyl (C=O) groups excluding carboxylic acids is 1. The van der Waals surface area contributed by atoms with Gasteiger partial charge in [0.1, 0.15) is 0 Å². The predicted octanol–water partition coefficient (Wildman–Crippen LogP) is 2.59. The molecule has 18 heavy (non-hydrogen) atoms. The SMILES string of the molecule is CCC1(CC)CCN(C(=O)C2CCCCN2)C1.Cl. The Labute approximate surface area is 117 Å². The summed E-state index contributed by atoms with van der Waals surface area (Å²) < 4.78 is 0. The minimum Gasteiger partial charge on any atom is -0.341 e. The number of rotatable bonds is 3. The number of carbonyl (C=O) groups is 1. The summed E-state index contributed by atoms with van der Waals surface area (Å²) in [5.74, 6) is 0.355. The fourth-order valence-electron chi connectivity index (χ4n) is 3.23. The maximum Gasteiger partial charge on any atom is 0.239 e. The van der Waals surface area contributed by atoms with Crippen LogP contribution in [-0.2, 0) is 4.79 Å². The first-order valence-electron chi connectivity index (χ1n) is 7.23. The van der Waals surface area contributed by atoms with Crippen molar-refractivity contribution in [3.63, 3.8) is 0 Å². The van der Waals surface area contributed by atoms with Gasteiger partial charge in [-0.05, 0) is 44.1 Å². The highest BCUT2D eigenvalue weighted by Gasteiger charge is 2.38. The van der Waals surface area contributed by atoms with Gasteiger partial charge in [-0.2, -0.15) is 0 Å². The Morgan fingerprint density at radius 2 is 2.06 bits per heavy atom. The van der Waals surface area contributed by atoms with E-state index in [-0.39, 0.29) is 18.4 Å². The molecule has 0 aromatic heterocycles. The summed E-state index contributed by atoms with van der Waals surface area (Å²) in [7, 11) is 0. The lowest BCUT2D eigenvalue weighted by atomic mass is 9.82. The Morgan fingerprint density at radius 1 is 1.33 bits per heavy atom. The van der Waals surface area contributed by atoms with Crippen LogP contribution >= 0.6 is 12.4 Å². The lowest BCUT2D eigenvalue weighted by Gasteiger charge is -2.30. The van der Waals surface area contributed by atoms with Crippen LogP contribution in [0.25, 0.3) is 0 Å². The first-order valence-corrected chi connectivity index (χ1v) is 7.23. The molecule has 2 heterocycles. The van der Waals surface area contributed by atoms with E-state index in [0.29, 0.717) is 11.3 Å². The molecule has 0 radical (unpaired) electrons. The molecule has 0 bridgehead atoms. The normalized spacial score (nSPS) is 26.8. The van der Waals surface area contributed by atoms with Crippen molar-refractivity contribution in [1.82, 2.24) is 10.2 Å². The zero-order valence-corrected chi connectivity index (χ0v) is 12.5. The Bertz CT molecular complexity index is 273. The van der Waals surface area contributed by atoms with Crippen LogP contribution in [0.5, 0.6) is 0 Å². The van der Waals surface area contributed by atoms with Gasteiger partial charge in [-0.15, -0.1) is 12.4 Å². The maximum absolute atomic E-state index is 12.4. The highest BCUT2D eigenvalue weighted by Crippen LogP contribution is 2.37. The first kappa shape index (κ1) is 15.8. The molecule has 1 atom stereocenters. The molecule has 3 nitrogen and oxygen atoms in total. The average Bonchev–Trinajstić information content (AvgIpc) is 2.84. The summed E-state index contributed by atoms with van der Waals surface area (Å²) in [5.41, 5.74) is 0.407. The van der Waals surface area contributed by atoms with Crippen molar-refractivity contribution in [2.75, 3.05) is 19.6 Å². The monoisotopic (exact) mass is 274 g/mol. The van der Waals surface area contributed by atoms with E-state index in [2.05, 4.69) is 24.1 Å². The zero-order valence-electron chi connectivity index (χ0n) is 11.7. The standard InChI is InChI=1S/C14H26N2O.ClH/c1-3-14(4-2)8-10-16(11-14)13(17)12-7-5-6-9-15-12;/h12,15H,3-11H2,1-2H3;1H. The van der Waals surface area contributed by atoms with Crippen molar-refractivity contribution in [1.29, 1.82) is 0 Å². The van der Waals surface area contributed by atoms with Crippen molar-refractivity contribution in [3.05, 3.63) is 0 Å². The molecule has 0 aliphatic carbocycles. The summed E-state index contributed by atoms with van der Waals surface area (Å²) in [6, 6.07) is 0.105. The number of hydrogen-bond acceptors (Lipinski definition) is 2. The van der Waals surface area contributed by atoms with Crippen LogP contribution in [0.2, 0.25) is 0 Å². The molecule has 2 aliphatic rings. The number of likely N-dealkylation sites (tertiary alicyclic amines) is 1. The summed E-state index contributed by atoms with van der Waals surface area (Å²) in [4.78, 5) is 14.5. The average molecular weight is 275 g/mol. The van der Waals surface area contributed by atoms with E-state index in [1.54, 1.807) is 0 Å². The van der Waals surface area contributed by atoms with Gasteiger partial charge in [0.25, 0.3) is 0 Å². The molecule has 106 valence electrons. The van der Waals surface area contributed by atoms with Crippen molar-refractivity contribution in [2.24, 2.45) is 5.41 Å². The molecule has 0 saturated carbocycles. The predicted molar refractivity (Wildman–Crippen MR) is 77.1 cm³/mol. The van der Waals surface area contributed by atoms with E-state index < -0.39 is 0 Å². The van der Waals surface area contributed by atoms with Gasteiger partial charge in [0.2, 0.25) is 5.91 Å². The molecule has 0 aromatic carbocycles. The summed E-state index contributed by atoms with van der Waals surface area (Å²) in [5, 5.41) is 3.37. The summed E-state index contributed by atoms with van der Waals surface area (Å²) in [6.07, 6.45) is 7.04. The van der Waals surface area contributed by atoms with Crippen LogP contribution in [0.15, 0.2) is 0 Å². The van der Waals surface area contributed by atoms with E-state index in [4.69, 9.17) is 0 Å². The molecule has 1 N–H and O–H groups in total. The van der Waals surface area contributed by atoms with E-state index in [1.807, 2.05) is 0 Å². The second kappa shape index (κ2) is 6.76. The fourth-order valence-corrected chi connectivity index (χ4v) is 3.23. The quantitative estimate of drug-likeness (QED) is 0.858. The Kier molecular flexibility index (Phi) is 5.93. The molecule has 4 heteroatoms. The molecule has 0 aromatic rings. The Balaban J connectivity index is 0.00000162. The highest BCUT2D eigenvalue weighted by atomic mass is 35.5. The third-order valence-corrected chi connectivity index (χ3v) is 4.86. The molecule has 2 saturated heterocycles. The Hall–Kier alpha value is -0.280. The molecule has 1 unspecified atom stereocenters. The number of hydrogen-bond donors (Lipinski definition) is 1. The van der Waals surface area contributed by atoms with Gasteiger partial charge < -0.3 is 10.2 Å². The molecule has 1 amide bonds. The molecule has 2 aliphatic heterocycles. The van der Waals surface area contributed by atoms with Gasteiger partial charge in [0, 0.05) is 13.1 Å². The topological polar surface area (TPSA) is 32.3 Å². The van der Waals surface area contributed by atoms with Crippen molar-refractivity contribution < 1.29 is 4.79 Å². The number of amides is 1. The number of halogens is 1. The van der Waals surface area contributed by atoms with Crippen molar-refractivity contribution >= 4 is 18.3 Å². The number of piperidine rings is 1. The summed E-state index contributed by atoms with van der Waals surface area (Å²) >= 11 is 0. The summed E-state index contributed by atoms with van der Waals surface area (Å²) in [6.45, 7) is 7.49. The van der Waals surface area contributed by atoms with Crippen LogP contribution in [-0.4, -0.2) is 36.5 Å². The highest BCUT2D eigenvalue weighted by molar-refractivity contribution is 5.85. The van der Waals surface area contributed by atoms with Crippen LogP contribution in [0, 0.1) is 5.41 Å². The smallest absolute Gasteiger partial charge is 0.239 e. The van der Waals surface area contributed by atoms with Crippen molar-refractivity contribution in [3.8, 4) is 0 Å². The van der Waals surface area contributed by atoms with Gasteiger partial charge >= 0.3 is 0 Å². The van der Waals surface area contributed by atoms with Gasteiger partial charge in [0.15, 0.2) is 0 Å². The fraction of sp³-hybridized carbons (Fsp3) is 0.929. The maximum atomic E-state index is 12.4. The third-order valence-electron chi connectivity index (χ3n) is 4.86. The molecule has 2 fully saturated rings. The number of nitrogens with zero attached hydrogens (tertiary/aromatic N) is 1. The second-order valence-corrected chi connectivity index (χ2v) is 5.72. The van der Waals surface area contributed by atoms with Gasteiger partial charge in [-0.1, -0.05) is 20.3 Å². The molecule has 2 rings (SSSR count). The largest absolute Gasteiger partial charge is 0.341 e. The van der Waals surface area contributed by atoms with Crippen molar-refractivity contribution in [2.45, 2.75) is 58.4 Å². The number of nitrogens with one attached hydrogen (secondary N) is 1. The lowest BCUT2D eigenvalue weighted by molar-refractivity contribution is -0.133. The molecular formula is C14H27ClN2O. The lowest BCUT2D eigenvalue weighted by Crippen LogP contribution is -2.48. The van der Waals surface area contributed by atoms with E-state index in [0.717, 1.165) is 26.1 Å². The minimum absolute atomic E-state index is 0. The zero-order chi connectivity index (χ0) is 12.3. The second-order valence-electron chi connectivity index (χ2n) is 5.72. The molecule has 0 spiro atoms. The van der Waals surface area contributed by atoms with E-state index in [9.17, 15) is 4.79 Å². The minimum atomic E-state index is 0.